The molecule has 0 atom stereocenters. The Balaban J connectivity index is 1.79. The fraction of sp³-hybridized carbons (Fsp3) is 0.250. The van der Waals surface area contributed by atoms with Crippen molar-refractivity contribution < 1.29 is 0 Å². The van der Waals surface area contributed by atoms with Crippen molar-refractivity contribution in [3.05, 3.63) is 61.5 Å². The third-order valence-corrected chi connectivity index (χ3v) is 5.31. The van der Waals surface area contributed by atoms with E-state index in [9.17, 15) is 4.79 Å². The third-order valence-electron chi connectivity index (χ3n) is 3.88. The number of rotatable bonds is 2. The molecule has 2 heterocycles. The average molecular weight is 317 g/mol. The number of aromatic amines is 1. The number of halogens is 1. The van der Waals surface area contributed by atoms with Crippen LogP contribution >= 0.6 is 22.9 Å². The molecule has 0 saturated heterocycles. The van der Waals surface area contributed by atoms with Crippen LogP contribution in [0.25, 0.3) is 10.2 Å². The van der Waals surface area contributed by atoms with Crippen LogP contribution in [0.1, 0.15) is 28.2 Å². The van der Waals surface area contributed by atoms with Crippen LogP contribution in [0, 0.1) is 0 Å². The van der Waals surface area contributed by atoms with Gasteiger partial charge in [-0.25, -0.2) is 4.98 Å². The fourth-order valence-electron chi connectivity index (χ4n) is 2.97. The summed E-state index contributed by atoms with van der Waals surface area (Å²) in [5.74, 6) is 0.703. The van der Waals surface area contributed by atoms with Gasteiger partial charge < -0.3 is 4.98 Å². The molecule has 0 spiro atoms. The molecule has 21 heavy (non-hydrogen) atoms. The van der Waals surface area contributed by atoms with Gasteiger partial charge in [-0.2, -0.15) is 0 Å². The number of thiophene rings is 1. The van der Waals surface area contributed by atoms with Crippen molar-refractivity contribution in [3.63, 3.8) is 0 Å². The SMILES string of the molecule is O=c1[nH]c(Cc2cccc(Cl)c2)nc2sc3c(c12)CCC3. The summed E-state index contributed by atoms with van der Waals surface area (Å²) in [7, 11) is 0. The molecule has 0 amide bonds. The Labute approximate surface area is 130 Å². The van der Waals surface area contributed by atoms with E-state index in [0.29, 0.717) is 17.3 Å². The molecule has 0 radical (unpaired) electrons. The summed E-state index contributed by atoms with van der Waals surface area (Å²) < 4.78 is 0. The first-order valence-corrected chi connectivity index (χ1v) is 8.18. The Morgan fingerprint density at radius 2 is 2.24 bits per heavy atom. The van der Waals surface area contributed by atoms with Crippen LogP contribution in [0.15, 0.2) is 29.1 Å². The summed E-state index contributed by atoms with van der Waals surface area (Å²) in [6.07, 6.45) is 3.84. The first-order chi connectivity index (χ1) is 10.2. The summed E-state index contributed by atoms with van der Waals surface area (Å²) in [5.41, 5.74) is 2.27. The Bertz CT molecular complexity index is 897. The van der Waals surface area contributed by atoms with Crippen molar-refractivity contribution in [2.75, 3.05) is 0 Å². The monoisotopic (exact) mass is 316 g/mol. The Morgan fingerprint density at radius 1 is 1.33 bits per heavy atom. The summed E-state index contributed by atoms with van der Waals surface area (Å²) in [6, 6.07) is 7.65. The molecule has 0 fully saturated rings. The van der Waals surface area contributed by atoms with Crippen molar-refractivity contribution >= 4 is 33.2 Å². The molecule has 3 aromatic rings. The Kier molecular flexibility index (Phi) is 3.08. The van der Waals surface area contributed by atoms with Crippen molar-refractivity contribution in [2.45, 2.75) is 25.7 Å². The van der Waals surface area contributed by atoms with E-state index in [1.807, 2.05) is 24.3 Å². The van der Waals surface area contributed by atoms with Gasteiger partial charge in [0.05, 0.1) is 5.39 Å². The van der Waals surface area contributed by atoms with E-state index in [4.69, 9.17) is 11.6 Å². The van der Waals surface area contributed by atoms with E-state index in [1.54, 1.807) is 11.3 Å². The molecule has 1 N–H and O–H groups in total. The van der Waals surface area contributed by atoms with Crippen LogP contribution < -0.4 is 5.56 Å². The van der Waals surface area contributed by atoms with Crippen LogP contribution in [-0.4, -0.2) is 9.97 Å². The van der Waals surface area contributed by atoms with Gasteiger partial charge in [-0.1, -0.05) is 23.7 Å². The lowest BCUT2D eigenvalue weighted by atomic mass is 10.1. The van der Waals surface area contributed by atoms with E-state index in [1.165, 1.54) is 10.4 Å². The van der Waals surface area contributed by atoms with Crippen molar-refractivity contribution in [3.8, 4) is 0 Å². The highest BCUT2D eigenvalue weighted by atomic mass is 35.5. The van der Waals surface area contributed by atoms with Gasteiger partial charge in [0, 0.05) is 16.3 Å². The largest absolute Gasteiger partial charge is 0.310 e. The molecular formula is C16H13ClN2OS. The maximum absolute atomic E-state index is 12.4. The standard InChI is InChI=1S/C16H13ClN2OS/c17-10-4-1-3-9(7-10)8-13-18-15(20)14-11-5-2-6-12(11)21-16(14)19-13/h1,3-4,7H,2,5-6,8H2,(H,18,19,20). The predicted octanol–water partition coefficient (Wildman–Crippen LogP) is 3.72. The lowest BCUT2D eigenvalue weighted by Gasteiger charge is -2.02. The highest BCUT2D eigenvalue weighted by molar-refractivity contribution is 7.18. The lowest BCUT2D eigenvalue weighted by molar-refractivity contribution is 0.914. The molecule has 2 aromatic heterocycles. The molecule has 106 valence electrons. The van der Waals surface area contributed by atoms with E-state index >= 15 is 0 Å². The number of hydrogen-bond donors (Lipinski definition) is 1. The quantitative estimate of drug-likeness (QED) is 0.783. The minimum absolute atomic E-state index is 0.00331. The zero-order valence-corrected chi connectivity index (χ0v) is 12.9. The van der Waals surface area contributed by atoms with Gasteiger partial charge in [0.25, 0.3) is 5.56 Å². The molecule has 1 aliphatic carbocycles. The zero-order chi connectivity index (χ0) is 14.4. The molecule has 1 aromatic carbocycles. The second-order valence-corrected chi connectivity index (χ2v) is 6.88. The van der Waals surface area contributed by atoms with Crippen LogP contribution in [0.5, 0.6) is 0 Å². The highest BCUT2D eigenvalue weighted by Gasteiger charge is 2.21. The number of hydrogen-bond acceptors (Lipinski definition) is 3. The number of benzene rings is 1. The Hall–Kier alpha value is -1.65. The molecule has 0 bridgehead atoms. The molecule has 0 aliphatic heterocycles. The first-order valence-electron chi connectivity index (χ1n) is 6.98. The third kappa shape index (κ3) is 2.28. The number of nitrogens with one attached hydrogen (secondary N) is 1. The smallest absolute Gasteiger partial charge is 0.259 e. The fourth-order valence-corrected chi connectivity index (χ4v) is 4.46. The summed E-state index contributed by atoms with van der Waals surface area (Å²) in [5, 5.41) is 1.51. The van der Waals surface area contributed by atoms with Gasteiger partial charge >= 0.3 is 0 Å². The van der Waals surface area contributed by atoms with Crippen molar-refractivity contribution in [2.24, 2.45) is 0 Å². The topological polar surface area (TPSA) is 45.8 Å². The van der Waals surface area contributed by atoms with Gasteiger partial charge in [0.2, 0.25) is 0 Å². The minimum atomic E-state index is -0.00331. The predicted molar refractivity (Wildman–Crippen MR) is 86.5 cm³/mol. The van der Waals surface area contributed by atoms with Gasteiger partial charge in [-0.3, -0.25) is 4.79 Å². The molecule has 0 unspecified atom stereocenters. The number of aryl methyl sites for hydroxylation is 2. The van der Waals surface area contributed by atoms with Crippen LogP contribution in [0.3, 0.4) is 0 Å². The van der Waals surface area contributed by atoms with E-state index in [0.717, 1.165) is 35.0 Å². The lowest BCUT2D eigenvalue weighted by Crippen LogP contribution is -2.12. The van der Waals surface area contributed by atoms with Gasteiger partial charge in [-0.05, 0) is 42.5 Å². The summed E-state index contributed by atoms with van der Waals surface area (Å²) in [6.45, 7) is 0. The minimum Gasteiger partial charge on any atom is -0.310 e. The maximum atomic E-state index is 12.4. The average Bonchev–Trinajstić information content (AvgIpc) is 2.98. The highest BCUT2D eigenvalue weighted by Crippen LogP contribution is 2.34. The van der Waals surface area contributed by atoms with Gasteiger partial charge in [0.15, 0.2) is 0 Å². The first kappa shape index (κ1) is 13.0. The number of aromatic nitrogens is 2. The van der Waals surface area contributed by atoms with Crippen LogP contribution in [0.2, 0.25) is 5.02 Å². The molecule has 1 aliphatic rings. The maximum Gasteiger partial charge on any atom is 0.259 e. The number of nitrogens with zero attached hydrogens (tertiary/aromatic N) is 1. The molecule has 3 nitrogen and oxygen atoms in total. The second-order valence-electron chi connectivity index (χ2n) is 5.36. The zero-order valence-electron chi connectivity index (χ0n) is 11.3. The Morgan fingerprint density at radius 3 is 3.10 bits per heavy atom. The van der Waals surface area contributed by atoms with Crippen molar-refractivity contribution in [1.82, 2.24) is 9.97 Å². The van der Waals surface area contributed by atoms with E-state index in [-0.39, 0.29) is 5.56 Å². The van der Waals surface area contributed by atoms with Crippen LogP contribution in [-0.2, 0) is 19.3 Å². The number of H-pyrrole nitrogens is 1. The van der Waals surface area contributed by atoms with E-state index < -0.39 is 0 Å². The number of fused-ring (bicyclic) bond motifs is 3. The summed E-state index contributed by atoms with van der Waals surface area (Å²) >= 11 is 7.67. The van der Waals surface area contributed by atoms with Crippen molar-refractivity contribution in [1.29, 1.82) is 0 Å². The van der Waals surface area contributed by atoms with Crippen LogP contribution in [0.4, 0.5) is 0 Å². The molecule has 4 rings (SSSR count). The van der Waals surface area contributed by atoms with Gasteiger partial charge in [0.1, 0.15) is 10.7 Å². The summed E-state index contributed by atoms with van der Waals surface area (Å²) in [4.78, 5) is 22.1. The molecule has 5 heteroatoms. The molecular weight excluding hydrogens is 304 g/mol. The normalized spacial score (nSPS) is 13.8. The second kappa shape index (κ2) is 4.97. The van der Waals surface area contributed by atoms with E-state index in [2.05, 4.69) is 9.97 Å². The van der Waals surface area contributed by atoms with Gasteiger partial charge in [-0.15, -0.1) is 11.3 Å². The molecule has 0 saturated carbocycles.